The van der Waals surface area contributed by atoms with E-state index in [4.69, 9.17) is 0 Å². The van der Waals surface area contributed by atoms with Crippen molar-refractivity contribution in [3.8, 4) is 0 Å². The molecule has 21 heavy (non-hydrogen) atoms. The lowest BCUT2D eigenvalue weighted by Crippen LogP contribution is -2.34. The van der Waals surface area contributed by atoms with Gasteiger partial charge in [-0.25, -0.2) is 4.79 Å². The minimum absolute atomic E-state index is 0.189. The number of nitrogens with zero attached hydrogens (tertiary/aromatic N) is 1. The first-order chi connectivity index (χ1) is 9.80. The fraction of sp³-hybridized carbons (Fsp3) is 0.533. The van der Waals surface area contributed by atoms with Crippen LogP contribution in [0.5, 0.6) is 0 Å². The van der Waals surface area contributed by atoms with Crippen LogP contribution in [0.1, 0.15) is 48.0 Å². The molecule has 0 radical (unpaired) electrons. The van der Waals surface area contributed by atoms with Crippen LogP contribution in [0.25, 0.3) is 0 Å². The highest BCUT2D eigenvalue weighted by molar-refractivity contribution is 5.94. The van der Waals surface area contributed by atoms with E-state index in [-0.39, 0.29) is 11.6 Å². The van der Waals surface area contributed by atoms with E-state index >= 15 is 0 Å². The van der Waals surface area contributed by atoms with Crippen LogP contribution in [0.15, 0.2) is 18.2 Å². The number of carboxylic acid groups (broad SMARTS) is 1. The van der Waals surface area contributed by atoms with Crippen molar-refractivity contribution in [2.24, 2.45) is 0 Å². The van der Waals surface area contributed by atoms with Gasteiger partial charge in [-0.05, 0) is 31.0 Å². The van der Waals surface area contributed by atoms with E-state index in [9.17, 15) is 23.1 Å². The summed E-state index contributed by atoms with van der Waals surface area (Å²) in [5.74, 6) is -1.33. The topological polar surface area (TPSA) is 40.5 Å². The van der Waals surface area contributed by atoms with Crippen molar-refractivity contribution in [1.82, 2.24) is 0 Å². The summed E-state index contributed by atoms with van der Waals surface area (Å²) in [7, 11) is 1.75. The molecule has 1 aromatic rings. The summed E-state index contributed by atoms with van der Waals surface area (Å²) in [6, 6.07) is 3.12. The second-order valence-electron chi connectivity index (χ2n) is 5.44. The van der Waals surface area contributed by atoms with Crippen LogP contribution >= 0.6 is 0 Å². The van der Waals surface area contributed by atoms with Crippen LogP contribution in [0.3, 0.4) is 0 Å². The van der Waals surface area contributed by atoms with E-state index in [0.717, 1.165) is 44.2 Å². The van der Waals surface area contributed by atoms with E-state index in [1.54, 1.807) is 7.05 Å². The zero-order valence-electron chi connectivity index (χ0n) is 11.8. The van der Waals surface area contributed by atoms with Gasteiger partial charge >= 0.3 is 12.1 Å². The molecule has 0 amide bonds. The second-order valence-corrected chi connectivity index (χ2v) is 5.44. The Morgan fingerprint density at radius 1 is 1.24 bits per heavy atom. The van der Waals surface area contributed by atoms with Gasteiger partial charge in [0.15, 0.2) is 0 Å². The number of aromatic carboxylic acids is 1. The van der Waals surface area contributed by atoms with Gasteiger partial charge in [0, 0.05) is 13.1 Å². The monoisotopic (exact) mass is 301 g/mol. The van der Waals surface area contributed by atoms with Crippen molar-refractivity contribution in [3.63, 3.8) is 0 Å². The van der Waals surface area contributed by atoms with Crippen LogP contribution < -0.4 is 4.90 Å². The van der Waals surface area contributed by atoms with Crippen molar-refractivity contribution in [3.05, 3.63) is 29.3 Å². The zero-order valence-corrected chi connectivity index (χ0v) is 11.8. The van der Waals surface area contributed by atoms with Crippen molar-refractivity contribution in [1.29, 1.82) is 0 Å². The lowest BCUT2D eigenvalue weighted by atomic mass is 9.93. The first kappa shape index (κ1) is 15.7. The molecule has 0 bridgehead atoms. The zero-order chi connectivity index (χ0) is 15.6. The molecule has 0 unspecified atom stereocenters. The van der Waals surface area contributed by atoms with Gasteiger partial charge in [-0.2, -0.15) is 13.2 Å². The first-order valence-electron chi connectivity index (χ1n) is 6.98. The van der Waals surface area contributed by atoms with E-state index in [1.807, 2.05) is 4.90 Å². The minimum atomic E-state index is -4.54. The third-order valence-electron chi connectivity index (χ3n) is 4.06. The van der Waals surface area contributed by atoms with Crippen LogP contribution in [0.4, 0.5) is 18.9 Å². The SMILES string of the molecule is CN(c1ccc(C(F)(F)F)cc1C(=O)O)C1CCCCC1. The van der Waals surface area contributed by atoms with Crippen LogP contribution in [0, 0.1) is 0 Å². The third kappa shape index (κ3) is 3.49. The van der Waals surface area contributed by atoms with Crippen LogP contribution in [-0.4, -0.2) is 24.2 Å². The molecule has 2 rings (SSSR count). The average molecular weight is 301 g/mol. The number of benzene rings is 1. The molecule has 0 atom stereocenters. The maximum Gasteiger partial charge on any atom is 0.416 e. The molecule has 0 aliphatic heterocycles. The number of carboxylic acids is 1. The summed E-state index contributed by atoms with van der Waals surface area (Å²) >= 11 is 0. The van der Waals surface area contributed by atoms with Crippen molar-refractivity contribution in [2.75, 3.05) is 11.9 Å². The number of rotatable bonds is 3. The molecule has 0 spiro atoms. The molecular weight excluding hydrogens is 283 g/mol. The fourth-order valence-electron chi connectivity index (χ4n) is 2.86. The van der Waals surface area contributed by atoms with E-state index in [2.05, 4.69) is 0 Å². The maximum absolute atomic E-state index is 12.7. The number of halogens is 3. The normalized spacial score (nSPS) is 16.8. The number of carbonyl (C=O) groups is 1. The minimum Gasteiger partial charge on any atom is -0.478 e. The highest BCUT2D eigenvalue weighted by Crippen LogP contribution is 2.34. The van der Waals surface area contributed by atoms with Gasteiger partial charge in [0.2, 0.25) is 0 Å². The van der Waals surface area contributed by atoms with Gasteiger partial charge in [0.25, 0.3) is 0 Å². The van der Waals surface area contributed by atoms with Gasteiger partial charge in [0.1, 0.15) is 0 Å². The van der Waals surface area contributed by atoms with Gasteiger partial charge in [-0.15, -0.1) is 0 Å². The predicted molar refractivity (Wildman–Crippen MR) is 73.7 cm³/mol. The summed E-state index contributed by atoms with van der Waals surface area (Å²) in [4.78, 5) is 13.1. The van der Waals surface area contributed by atoms with E-state index < -0.39 is 17.7 Å². The fourth-order valence-corrected chi connectivity index (χ4v) is 2.86. The summed E-state index contributed by atoms with van der Waals surface area (Å²) in [5, 5.41) is 9.21. The summed E-state index contributed by atoms with van der Waals surface area (Å²) in [5.41, 5.74) is -0.874. The van der Waals surface area contributed by atoms with Crippen LogP contribution in [-0.2, 0) is 6.18 Å². The van der Waals surface area contributed by atoms with Crippen LogP contribution in [0.2, 0.25) is 0 Å². The molecule has 0 heterocycles. The lowest BCUT2D eigenvalue weighted by Gasteiger charge is -2.33. The Bertz CT molecular complexity index is 522. The summed E-state index contributed by atoms with van der Waals surface area (Å²) in [6.07, 6.45) is 0.637. The van der Waals surface area contributed by atoms with Gasteiger partial charge in [-0.3, -0.25) is 0 Å². The Morgan fingerprint density at radius 3 is 2.38 bits per heavy atom. The lowest BCUT2D eigenvalue weighted by molar-refractivity contribution is -0.137. The maximum atomic E-state index is 12.7. The third-order valence-corrected chi connectivity index (χ3v) is 4.06. The molecule has 1 aliphatic carbocycles. The second kappa shape index (κ2) is 5.95. The molecule has 116 valence electrons. The molecule has 1 fully saturated rings. The largest absolute Gasteiger partial charge is 0.478 e. The van der Waals surface area contributed by atoms with Crippen molar-refractivity contribution >= 4 is 11.7 Å². The number of hydrogen-bond acceptors (Lipinski definition) is 2. The molecule has 0 saturated heterocycles. The molecule has 0 aromatic heterocycles. The van der Waals surface area contributed by atoms with Gasteiger partial charge in [0.05, 0.1) is 16.8 Å². The quantitative estimate of drug-likeness (QED) is 0.910. The molecule has 1 aromatic carbocycles. The highest BCUT2D eigenvalue weighted by atomic mass is 19.4. The van der Waals surface area contributed by atoms with Gasteiger partial charge < -0.3 is 10.0 Å². The van der Waals surface area contributed by atoms with Crippen molar-refractivity contribution < 1.29 is 23.1 Å². The Hall–Kier alpha value is -1.72. The molecular formula is C15H18F3NO2. The molecule has 1 aliphatic rings. The molecule has 1 saturated carbocycles. The number of anilines is 1. The molecule has 3 nitrogen and oxygen atoms in total. The Morgan fingerprint density at radius 2 is 1.86 bits per heavy atom. The van der Waals surface area contributed by atoms with E-state index in [1.165, 1.54) is 6.07 Å². The van der Waals surface area contributed by atoms with Gasteiger partial charge in [-0.1, -0.05) is 19.3 Å². The summed E-state index contributed by atoms with van der Waals surface area (Å²) in [6.45, 7) is 0. The standard InChI is InChI=1S/C15H18F3NO2/c1-19(11-5-3-2-4-6-11)13-8-7-10(15(16,17)18)9-12(13)14(20)21/h7-9,11H,2-6H2,1H3,(H,20,21). The Labute approximate surface area is 121 Å². The first-order valence-corrected chi connectivity index (χ1v) is 6.98. The smallest absolute Gasteiger partial charge is 0.416 e. The van der Waals surface area contributed by atoms with E-state index in [0.29, 0.717) is 5.69 Å². The predicted octanol–water partition coefficient (Wildman–Crippen LogP) is 4.17. The number of hydrogen-bond donors (Lipinski definition) is 1. The Kier molecular flexibility index (Phi) is 4.44. The highest BCUT2D eigenvalue weighted by Gasteiger charge is 2.32. The van der Waals surface area contributed by atoms with Crippen molar-refractivity contribution in [2.45, 2.75) is 44.3 Å². The molecule has 1 N–H and O–H groups in total. The number of alkyl halides is 3. The molecule has 6 heteroatoms. The average Bonchev–Trinajstić information content (AvgIpc) is 2.45. The summed E-state index contributed by atoms with van der Waals surface area (Å²) < 4.78 is 38.1. The Balaban J connectivity index is 2.36.